The Kier molecular flexibility index (Phi) is 55.6. The summed E-state index contributed by atoms with van der Waals surface area (Å²) >= 11 is 0. The first-order valence-corrected chi connectivity index (χ1v) is 36.4. The molecule has 2 saturated heterocycles. The number of ether oxygens (including phenoxy) is 4. The second-order valence-corrected chi connectivity index (χ2v) is 25.0. The van der Waals surface area contributed by atoms with Gasteiger partial charge in [0.15, 0.2) is 12.6 Å². The van der Waals surface area contributed by atoms with Crippen molar-refractivity contribution in [1.29, 1.82) is 0 Å². The number of unbranched alkanes of at least 4 members (excludes halogenated alkanes) is 25. The molecule has 2 fully saturated rings. The van der Waals surface area contributed by atoms with Crippen LogP contribution in [0.2, 0.25) is 0 Å². The number of aliphatic hydroxyl groups is 8. The molecule has 2 rings (SSSR count). The number of carbonyl (C=O) groups is 1. The Morgan fingerprint density at radius 3 is 1.20 bits per heavy atom. The molecular weight excluding hydrogens is 1160 g/mol. The van der Waals surface area contributed by atoms with E-state index < -0.39 is 86.8 Å². The van der Waals surface area contributed by atoms with Gasteiger partial charge in [0.05, 0.1) is 32.0 Å². The van der Waals surface area contributed by atoms with Gasteiger partial charge in [-0.3, -0.25) is 4.79 Å². The highest BCUT2D eigenvalue weighted by Crippen LogP contribution is 2.30. The van der Waals surface area contributed by atoms with Crippen molar-refractivity contribution in [2.24, 2.45) is 0 Å². The predicted octanol–water partition coefficient (Wildman–Crippen LogP) is 15.5. The van der Waals surface area contributed by atoms with Crippen molar-refractivity contribution in [2.45, 2.75) is 331 Å². The molecule has 1 amide bonds. The third-order valence-corrected chi connectivity index (χ3v) is 16.8. The van der Waals surface area contributed by atoms with Crippen molar-refractivity contribution in [3.05, 3.63) is 134 Å². The molecule has 2 aliphatic heterocycles. The first kappa shape index (κ1) is 84.2. The fourth-order valence-electron chi connectivity index (χ4n) is 11.0. The SMILES string of the molecule is CC/C=C\C/C=C\C/C=C\C/C=C\C/C=C\C/C=C\C/C=C\C/C=C\CCCCCCCCCCCCCCCCC(=O)NC(COC1OC(CO)C(OC2OC(CO)C(O)C(O)C2O)C(O)C1O)C(O)/C=C/CC/C=C/CC/C=C/CCCCCCCCCCC. The van der Waals surface area contributed by atoms with E-state index in [9.17, 15) is 45.6 Å². The summed E-state index contributed by atoms with van der Waals surface area (Å²) in [5, 5.41) is 87.4. The number of carbonyl (C=O) groups excluding carboxylic acids is 1. The van der Waals surface area contributed by atoms with Crippen molar-refractivity contribution in [1.82, 2.24) is 5.32 Å². The molecule has 0 saturated carbocycles. The largest absolute Gasteiger partial charge is 0.394 e. The van der Waals surface area contributed by atoms with E-state index in [2.05, 4.69) is 141 Å². The second-order valence-electron chi connectivity index (χ2n) is 25.0. The molecule has 0 aromatic heterocycles. The van der Waals surface area contributed by atoms with E-state index in [-0.39, 0.29) is 18.9 Å². The number of hydrogen-bond donors (Lipinski definition) is 9. The Morgan fingerprint density at radius 2 is 0.761 bits per heavy atom. The van der Waals surface area contributed by atoms with Crippen LogP contribution in [0.4, 0.5) is 0 Å². The molecule has 0 aliphatic carbocycles. The average molecular weight is 1290 g/mol. The van der Waals surface area contributed by atoms with E-state index in [0.717, 1.165) is 103 Å². The molecule has 12 unspecified atom stereocenters. The molecule has 9 N–H and O–H groups in total. The Balaban J connectivity index is 1.64. The number of allylic oxidation sites excluding steroid dienone is 21. The molecular formula is C78H131NO13. The van der Waals surface area contributed by atoms with Gasteiger partial charge in [0.25, 0.3) is 0 Å². The minimum Gasteiger partial charge on any atom is -0.394 e. The van der Waals surface area contributed by atoms with Gasteiger partial charge in [0.2, 0.25) is 5.91 Å². The zero-order valence-corrected chi connectivity index (χ0v) is 57.2. The standard InChI is InChI=1S/C78H131NO13/c1-3-5-7-9-11-13-15-17-19-21-23-24-25-26-27-28-29-30-31-32-33-34-35-36-37-38-39-40-41-42-44-46-48-50-52-54-56-58-60-62-70(83)79-66(67(82)61-59-57-55-53-51-49-47-45-43-22-20-18-16-14-12-10-8-6-4-2)65-89-77-75(88)73(86)76(69(64-81)91-77)92-78-74(87)72(85)71(84)68(63-80)90-78/h5,7,11,13,17,19,23-24,26-27,29-30,32-33,35-36,43,45,51,53,59,61,66-69,71-78,80-82,84-88H,3-4,6,8-10,12,14-16,18,20-22,25,28,31,34,37-42,44,46-50,52,54-58,60,62-65H2,1-2H3,(H,79,83)/b7-5-,13-11-,19-17-,24-23-,27-26-,30-29-,33-32-,36-35-,45-43+,53-51+,61-59+. The highest BCUT2D eigenvalue weighted by molar-refractivity contribution is 5.76. The molecule has 2 heterocycles. The number of rotatable bonds is 58. The smallest absolute Gasteiger partial charge is 0.220 e. The lowest BCUT2D eigenvalue weighted by molar-refractivity contribution is -0.359. The minimum atomic E-state index is -1.80. The van der Waals surface area contributed by atoms with Crippen molar-refractivity contribution in [2.75, 3.05) is 19.8 Å². The van der Waals surface area contributed by atoms with Crippen LogP contribution in [0.5, 0.6) is 0 Å². The molecule has 0 bridgehead atoms. The maximum atomic E-state index is 13.3. The summed E-state index contributed by atoms with van der Waals surface area (Å²) in [4.78, 5) is 13.3. The number of aliphatic hydroxyl groups excluding tert-OH is 8. The highest BCUT2D eigenvalue weighted by Gasteiger charge is 2.51. The first-order valence-electron chi connectivity index (χ1n) is 36.4. The molecule has 92 heavy (non-hydrogen) atoms. The predicted molar refractivity (Wildman–Crippen MR) is 378 cm³/mol. The first-order chi connectivity index (χ1) is 45.1. The Morgan fingerprint density at radius 1 is 0.402 bits per heavy atom. The molecule has 0 aromatic rings. The third-order valence-electron chi connectivity index (χ3n) is 16.8. The molecule has 0 aromatic carbocycles. The van der Waals surface area contributed by atoms with Crippen LogP contribution >= 0.6 is 0 Å². The van der Waals surface area contributed by atoms with Gasteiger partial charge < -0.3 is 65.1 Å². The summed E-state index contributed by atoms with van der Waals surface area (Å²) in [7, 11) is 0. The van der Waals surface area contributed by atoms with E-state index in [1.165, 1.54) is 122 Å². The van der Waals surface area contributed by atoms with Crippen LogP contribution in [0.3, 0.4) is 0 Å². The monoisotopic (exact) mass is 1290 g/mol. The van der Waals surface area contributed by atoms with Crippen LogP contribution in [0, 0.1) is 0 Å². The zero-order chi connectivity index (χ0) is 66.6. The molecule has 0 spiro atoms. The van der Waals surface area contributed by atoms with E-state index >= 15 is 0 Å². The van der Waals surface area contributed by atoms with E-state index in [1.807, 2.05) is 6.08 Å². The lowest BCUT2D eigenvalue weighted by Gasteiger charge is -2.46. The van der Waals surface area contributed by atoms with Crippen molar-refractivity contribution < 1.29 is 64.6 Å². The lowest BCUT2D eigenvalue weighted by Crippen LogP contribution is -2.65. The zero-order valence-electron chi connectivity index (χ0n) is 57.2. The Bertz CT molecular complexity index is 2060. The summed E-state index contributed by atoms with van der Waals surface area (Å²) in [6, 6.07) is -0.947. The van der Waals surface area contributed by atoms with Gasteiger partial charge in [-0.1, -0.05) is 276 Å². The summed E-state index contributed by atoms with van der Waals surface area (Å²) < 4.78 is 22.8. The van der Waals surface area contributed by atoms with Gasteiger partial charge in [-0.15, -0.1) is 0 Å². The van der Waals surface area contributed by atoms with E-state index in [0.29, 0.717) is 12.8 Å². The van der Waals surface area contributed by atoms with Gasteiger partial charge in [-0.25, -0.2) is 0 Å². The van der Waals surface area contributed by atoms with E-state index in [1.54, 1.807) is 6.08 Å². The maximum Gasteiger partial charge on any atom is 0.220 e. The summed E-state index contributed by atoms with van der Waals surface area (Å²) in [5.41, 5.74) is 0. The Hall–Kier alpha value is -3.87. The lowest BCUT2D eigenvalue weighted by atomic mass is 9.97. The fourth-order valence-corrected chi connectivity index (χ4v) is 11.0. The number of hydrogen-bond acceptors (Lipinski definition) is 13. The molecule has 0 radical (unpaired) electrons. The summed E-state index contributed by atoms with van der Waals surface area (Å²) in [6.07, 6.45) is 73.7. The number of amides is 1. The summed E-state index contributed by atoms with van der Waals surface area (Å²) in [6.45, 7) is 2.66. The highest BCUT2D eigenvalue weighted by atomic mass is 16.7. The average Bonchev–Trinajstić information content (AvgIpc) is 1.05. The molecule has 14 nitrogen and oxygen atoms in total. The van der Waals surface area contributed by atoms with Crippen molar-refractivity contribution in [3.8, 4) is 0 Å². The van der Waals surface area contributed by atoms with Crippen LogP contribution in [0.25, 0.3) is 0 Å². The summed E-state index contributed by atoms with van der Waals surface area (Å²) in [5.74, 6) is -0.258. The van der Waals surface area contributed by atoms with Crippen molar-refractivity contribution in [3.63, 3.8) is 0 Å². The van der Waals surface area contributed by atoms with Gasteiger partial charge in [0.1, 0.15) is 48.8 Å². The molecule has 526 valence electrons. The molecule has 12 atom stereocenters. The maximum absolute atomic E-state index is 13.3. The van der Waals surface area contributed by atoms with Gasteiger partial charge in [0, 0.05) is 6.42 Å². The quantitative estimate of drug-likeness (QED) is 0.0204. The second kappa shape index (κ2) is 60.8. The Labute approximate surface area is 558 Å². The minimum absolute atomic E-state index is 0.258. The van der Waals surface area contributed by atoms with Crippen LogP contribution in [0.15, 0.2) is 134 Å². The number of nitrogens with one attached hydrogen (secondary N) is 1. The van der Waals surface area contributed by atoms with Gasteiger partial charge >= 0.3 is 0 Å². The van der Waals surface area contributed by atoms with Crippen molar-refractivity contribution >= 4 is 5.91 Å². The van der Waals surface area contributed by atoms with Gasteiger partial charge in [-0.05, 0) is 109 Å². The normalized spacial score (nSPS) is 23.5. The van der Waals surface area contributed by atoms with E-state index in [4.69, 9.17) is 18.9 Å². The molecule has 2 aliphatic rings. The van der Waals surface area contributed by atoms with Crippen LogP contribution in [-0.2, 0) is 23.7 Å². The van der Waals surface area contributed by atoms with Crippen LogP contribution in [0.1, 0.15) is 258 Å². The topological polar surface area (TPSA) is 228 Å². The van der Waals surface area contributed by atoms with Crippen LogP contribution < -0.4 is 5.32 Å². The fraction of sp³-hybridized carbons (Fsp3) is 0.705. The van der Waals surface area contributed by atoms with Crippen LogP contribution in [-0.4, -0.2) is 140 Å². The van der Waals surface area contributed by atoms with Gasteiger partial charge in [-0.2, -0.15) is 0 Å². The third kappa shape index (κ3) is 44.0. The molecule has 14 heteroatoms.